The second kappa shape index (κ2) is 10.8. The number of benzene rings is 2. The monoisotopic (exact) mass is 464 g/mol. The van der Waals surface area contributed by atoms with Crippen LogP contribution in [0.2, 0.25) is 0 Å². The number of hydrogen-bond acceptors (Lipinski definition) is 5. The number of sulfonamides is 1. The number of rotatable bonds is 9. The van der Waals surface area contributed by atoms with Gasteiger partial charge in [0.25, 0.3) is 0 Å². The summed E-state index contributed by atoms with van der Waals surface area (Å²) in [7, 11) is -3.78. The lowest BCUT2D eigenvalue weighted by Gasteiger charge is -2.31. The van der Waals surface area contributed by atoms with Gasteiger partial charge in [-0.25, -0.2) is 12.8 Å². The van der Waals surface area contributed by atoms with Crippen LogP contribution in [-0.4, -0.2) is 44.9 Å². The molecule has 9 heteroatoms. The van der Waals surface area contributed by atoms with E-state index in [1.165, 1.54) is 16.4 Å². The summed E-state index contributed by atoms with van der Waals surface area (Å²) in [4.78, 5) is 12.8. The van der Waals surface area contributed by atoms with Crippen LogP contribution in [0.4, 0.5) is 4.39 Å². The number of nitrogens with one attached hydrogen (secondary N) is 1. The van der Waals surface area contributed by atoms with Gasteiger partial charge in [0.15, 0.2) is 11.5 Å². The average Bonchev–Trinajstić information content (AvgIpc) is 2.79. The highest BCUT2D eigenvalue weighted by Gasteiger charge is 2.33. The van der Waals surface area contributed by atoms with E-state index in [0.29, 0.717) is 50.6 Å². The minimum absolute atomic E-state index is 0.0257. The molecule has 174 valence electrons. The smallest absolute Gasteiger partial charge is 0.243 e. The van der Waals surface area contributed by atoms with Crippen molar-refractivity contribution in [1.29, 1.82) is 0 Å². The molecule has 1 atom stereocenters. The highest BCUT2D eigenvalue weighted by atomic mass is 32.2. The molecule has 1 fully saturated rings. The van der Waals surface area contributed by atoms with E-state index < -0.39 is 21.8 Å². The Morgan fingerprint density at radius 3 is 2.47 bits per heavy atom. The molecule has 1 amide bonds. The lowest BCUT2D eigenvalue weighted by Crippen LogP contribution is -2.45. The Labute approximate surface area is 188 Å². The van der Waals surface area contributed by atoms with Crippen molar-refractivity contribution in [2.45, 2.75) is 38.1 Å². The molecule has 7 nitrogen and oxygen atoms in total. The molecule has 0 aliphatic carbocycles. The van der Waals surface area contributed by atoms with Gasteiger partial charge in [0.1, 0.15) is 5.82 Å². The molecule has 1 aliphatic rings. The standard InChI is InChI=1S/C23H29FN2O5S/c1-3-30-21-12-7-17(14-22(21)31-4-2)15-25-23(27)18-6-5-13-26(16-18)32(28,29)20-10-8-19(24)9-11-20/h7-12,14,18H,3-6,13,15-16H2,1-2H3,(H,25,27)/t18-/m0/s1. The fraction of sp³-hybridized carbons (Fsp3) is 0.435. The third-order valence-electron chi connectivity index (χ3n) is 5.28. The summed E-state index contributed by atoms with van der Waals surface area (Å²) >= 11 is 0. The average molecular weight is 465 g/mol. The second-order valence-corrected chi connectivity index (χ2v) is 9.46. The van der Waals surface area contributed by atoms with E-state index in [2.05, 4.69) is 5.32 Å². The predicted octanol–water partition coefficient (Wildman–Crippen LogP) is 3.34. The molecule has 0 aromatic heterocycles. The van der Waals surface area contributed by atoms with Crippen molar-refractivity contribution in [3.05, 3.63) is 53.8 Å². The molecule has 0 saturated carbocycles. The molecule has 1 aliphatic heterocycles. The fourth-order valence-electron chi connectivity index (χ4n) is 3.67. The Balaban J connectivity index is 1.63. The maximum absolute atomic E-state index is 13.2. The molecule has 0 spiro atoms. The Hall–Kier alpha value is -2.65. The van der Waals surface area contributed by atoms with Crippen LogP contribution in [0.25, 0.3) is 0 Å². The number of carbonyl (C=O) groups excluding carboxylic acids is 1. The molecule has 1 saturated heterocycles. The van der Waals surface area contributed by atoms with Crippen molar-refractivity contribution < 1.29 is 27.1 Å². The summed E-state index contributed by atoms with van der Waals surface area (Å²) in [5, 5.41) is 2.90. The summed E-state index contributed by atoms with van der Waals surface area (Å²) in [5.74, 6) is 0.124. The molecule has 1 heterocycles. The van der Waals surface area contributed by atoms with Crippen LogP contribution < -0.4 is 14.8 Å². The van der Waals surface area contributed by atoms with Crippen LogP contribution in [0.15, 0.2) is 47.4 Å². The summed E-state index contributed by atoms with van der Waals surface area (Å²) in [6.45, 7) is 5.53. The van der Waals surface area contributed by atoms with Crippen LogP contribution in [-0.2, 0) is 21.4 Å². The summed E-state index contributed by atoms with van der Waals surface area (Å²) in [6, 6.07) is 10.2. The lowest BCUT2D eigenvalue weighted by molar-refractivity contribution is -0.126. The first-order chi connectivity index (χ1) is 15.3. The zero-order chi connectivity index (χ0) is 23.1. The van der Waals surface area contributed by atoms with Crippen molar-refractivity contribution >= 4 is 15.9 Å². The third-order valence-corrected chi connectivity index (χ3v) is 7.16. The van der Waals surface area contributed by atoms with E-state index in [1.807, 2.05) is 32.0 Å². The quantitative estimate of drug-likeness (QED) is 0.615. The predicted molar refractivity (Wildman–Crippen MR) is 119 cm³/mol. The van der Waals surface area contributed by atoms with Crippen molar-refractivity contribution in [3.63, 3.8) is 0 Å². The molecule has 3 rings (SSSR count). The first kappa shape index (κ1) is 24.0. The van der Waals surface area contributed by atoms with Gasteiger partial charge in [-0.2, -0.15) is 4.31 Å². The number of piperidine rings is 1. The lowest BCUT2D eigenvalue weighted by atomic mass is 9.98. The zero-order valence-corrected chi connectivity index (χ0v) is 19.2. The van der Waals surface area contributed by atoms with E-state index in [-0.39, 0.29) is 17.3 Å². The Morgan fingerprint density at radius 1 is 1.09 bits per heavy atom. The molecular formula is C23H29FN2O5S. The number of hydrogen-bond donors (Lipinski definition) is 1. The van der Waals surface area contributed by atoms with Crippen LogP contribution in [0.3, 0.4) is 0 Å². The summed E-state index contributed by atoms with van der Waals surface area (Å²) in [6.07, 6.45) is 1.19. The normalized spacial score (nSPS) is 17.0. The first-order valence-electron chi connectivity index (χ1n) is 10.8. The molecule has 2 aromatic carbocycles. The van der Waals surface area contributed by atoms with E-state index in [0.717, 1.165) is 17.7 Å². The van der Waals surface area contributed by atoms with E-state index in [1.54, 1.807) is 0 Å². The largest absolute Gasteiger partial charge is 0.490 e. The molecule has 32 heavy (non-hydrogen) atoms. The highest BCUT2D eigenvalue weighted by molar-refractivity contribution is 7.89. The molecule has 2 aromatic rings. The van der Waals surface area contributed by atoms with Gasteiger partial charge < -0.3 is 14.8 Å². The van der Waals surface area contributed by atoms with Gasteiger partial charge >= 0.3 is 0 Å². The second-order valence-electron chi connectivity index (χ2n) is 7.52. The Bertz CT molecular complexity index is 1030. The zero-order valence-electron chi connectivity index (χ0n) is 18.3. The number of halogens is 1. The molecule has 0 bridgehead atoms. The number of nitrogens with zero attached hydrogens (tertiary/aromatic N) is 1. The Morgan fingerprint density at radius 2 is 1.78 bits per heavy atom. The Kier molecular flexibility index (Phi) is 8.09. The SMILES string of the molecule is CCOc1ccc(CNC(=O)[C@H]2CCCN(S(=O)(=O)c3ccc(F)cc3)C2)cc1OCC. The number of amides is 1. The maximum atomic E-state index is 13.2. The van der Waals surface area contributed by atoms with Crippen LogP contribution in [0.1, 0.15) is 32.3 Å². The van der Waals surface area contributed by atoms with Gasteiger partial charge in [-0.1, -0.05) is 6.07 Å². The van der Waals surface area contributed by atoms with Crippen molar-refractivity contribution in [3.8, 4) is 11.5 Å². The fourth-order valence-corrected chi connectivity index (χ4v) is 5.19. The van der Waals surface area contributed by atoms with Gasteiger partial charge in [0.05, 0.1) is 24.0 Å². The van der Waals surface area contributed by atoms with E-state index >= 15 is 0 Å². The van der Waals surface area contributed by atoms with Crippen LogP contribution in [0.5, 0.6) is 11.5 Å². The van der Waals surface area contributed by atoms with Gasteiger partial charge in [-0.15, -0.1) is 0 Å². The molecule has 0 radical (unpaired) electrons. The van der Waals surface area contributed by atoms with E-state index in [9.17, 15) is 17.6 Å². The first-order valence-corrected chi connectivity index (χ1v) is 12.2. The molecule has 0 unspecified atom stereocenters. The maximum Gasteiger partial charge on any atom is 0.243 e. The number of ether oxygens (including phenoxy) is 2. The van der Waals surface area contributed by atoms with Gasteiger partial charge in [0, 0.05) is 19.6 Å². The minimum Gasteiger partial charge on any atom is -0.490 e. The van der Waals surface area contributed by atoms with Crippen molar-refractivity contribution in [1.82, 2.24) is 9.62 Å². The summed E-state index contributed by atoms with van der Waals surface area (Å²) < 4.78 is 51.4. The highest BCUT2D eigenvalue weighted by Crippen LogP contribution is 2.29. The van der Waals surface area contributed by atoms with Crippen LogP contribution >= 0.6 is 0 Å². The van der Waals surface area contributed by atoms with Gasteiger partial charge in [0.2, 0.25) is 15.9 Å². The number of carbonyl (C=O) groups is 1. The third kappa shape index (κ3) is 5.77. The molecular weight excluding hydrogens is 435 g/mol. The topological polar surface area (TPSA) is 84.9 Å². The minimum atomic E-state index is -3.78. The van der Waals surface area contributed by atoms with Crippen LogP contribution in [0, 0.1) is 11.7 Å². The van der Waals surface area contributed by atoms with Gasteiger partial charge in [-0.3, -0.25) is 4.79 Å². The van der Waals surface area contributed by atoms with Gasteiger partial charge in [-0.05, 0) is 68.7 Å². The summed E-state index contributed by atoms with van der Waals surface area (Å²) in [5.41, 5.74) is 0.858. The van der Waals surface area contributed by atoms with Crippen molar-refractivity contribution in [2.75, 3.05) is 26.3 Å². The van der Waals surface area contributed by atoms with Crippen molar-refractivity contribution in [2.24, 2.45) is 5.92 Å². The van der Waals surface area contributed by atoms with E-state index in [4.69, 9.17) is 9.47 Å². The molecule has 1 N–H and O–H groups in total.